The van der Waals surface area contributed by atoms with Crippen molar-refractivity contribution < 1.29 is 0 Å². The monoisotopic (exact) mass is 274 g/mol. The maximum atomic E-state index is 6.06. The smallest absolute Gasteiger partial charge is 0.0226 e. The van der Waals surface area contributed by atoms with Crippen molar-refractivity contribution in [1.29, 1.82) is 0 Å². The molecule has 0 aliphatic carbocycles. The lowest BCUT2D eigenvalue weighted by atomic mass is 9.90. The third kappa shape index (κ3) is 4.59. The molecule has 1 fully saturated rings. The molecule has 0 unspecified atom stereocenters. The molecule has 0 saturated carbocycles. The van der Waals surface area contributed by atoms with Crippen LogP contribution >= 0.6 is 23.7 Å². The third-order valence-electron chi connectivity index (χ3n) is 3.23. The number of halogens is 1. The van der Waals surface area contributed by atoms with Crippen molar-refractivity contribution in [3.05, 3.63) is 22.4 Å². The van der Waals surface area contributed by atoms with Gasteiger partial charge < -0.3 is 10.6 Å². The predicted octanol–water partition coefficient (Wildman–Crippen LogP) is 3.09. The number of rotatable bonds is 3. The second kappa shape index (κ2) is 6.19. The SMILES string of the molecule is CC(C)(N)CN1CCC(c2ccsc2)CC1.Cl. The molecule has 0 atom stereocenters. The van der Waals surface area contributed by atoms with Crippen LogP contribution in [0.4, 0.5) is 0 Å². The highest BCUT2D eigenvalue weighted by Gasteiger charge is 2.23. The van der Waals surface area contributed by atoms with Crippen molar-refractivity contribution in [2.45, 2.75) is 38.1 Å². The largest absolute Gasteiger partial charge is 0.324 e. The van der Waals surface area contributed by atoms with Crippen LogP contribution in [0, 0.1) is 0 Å². The molecule has 1 saturated heterocycles. The average molecular weight is 275 g/mol. The van der Waals surface area contributed by atoms with E-state index in [1.807, 2.05) is 11.3 Å². The summed E-state index contributed by atoms with van der Waals surface area (Å²) in [5.41, 5.74) is 7.53. The van der Waals surface area contributed by atoms with Gasteiger partial charge in [0, 0.05) is 12.1 Å². The first-order chi connectivity index (χ1) is 7.54. The van der Waals surface area contributed by atoms with Crippen molar-refractivity contribution in [2.24, 2.45) is 5.73 Å². The summed E-state index contributed by atoms with van der Waals surface area (Å²) in [7, 11) is 0. The first-order valence-corrected chi connectivity index (χ1v) is 7.02. The Bertz CT molecular complexity index is 311. The van der Waals surface area contributed by atoms with Gasteiger partial charge >= 0.3 is 0 Å². The number of nitrogens with two attached hydrogens (primary N) is 1. The zero-order valence-corrected chi connectivity index (χ0v) is 12.3. The molecular weight excluding hydrogens is 252 g/mol. The number of likely N-dealkylation sites (tertiary alicyclic amines) is 1. The molecule has 2 nitrogen and oxygen atoms in total. The van der Waals surface area contributed by atoms with Crippen LogP contribution in [-0.4, -0.2) is 30.1 Å². The van der Waals surface area contributed by atoms with E-state index < -0.39 is 0 Å². The van der Waals surface area contributed by atoms with Crippen LogP contribution in [0.3, 0.4) is 0 Å². The van der Waals surface area contributed by atoms with Crippen LogP contribution in [-0.2, 0) is 0 Å². The van der Waals surface area contributed by atoms with Gasteiger partial charge in [0.15, 0.2) is 0 Å². The van der Waals surface area contributed by atoms with E-state index in [4.69, 9.17) is 5.73 Å². The first kappa shape index (κ1) is 15.0. The fraction of sp³-hybridized carbons (Fsp3) is 0.692. The molecule has 0 amide bonds. The Morgan fingerprint density at radius 3 is 2.53 bits per heavy atom. The quantitative estimate of drug-likeness (QED) is 0.918. The lowest BCUT2D eigenvalue weighted by Gasteiger charge is -2.35. The summed E-state index contributed by atoms with van der Waals surface area (Å²) in [5.74, 6) is 0.781. The Morgan fingerprint density at radius 2 is 2.06 bits per heavy atom. The molecule has 17 heavy (non-hydrogen) atoms. The van der Waals surface area contributed by atoms with Crippen LogP contribution < -0.4 is 5.73 Å². The molecule has 1 aliphatic rings. The van der Waals surface area contributed by atoms with Gasteiger partial charge in [-0.25, -0.2) is 0 Å². The summed E-state index contributed by atoms with van der Waals surface area (Å²) in [6.45, 7) is 7.63. The zero-order chi connectivity index (χ0) is 11.6. The number of hydrogen-bond acceptors (Lipinski definition) is 3. The van der Waals surface area contributed by atoms with E-state index >= 15 is 0 Å². The van der Waals surface area contributed by atoms with Crippen LogP contribution in [0.2, 0.25) is 0 Å². The van der Waals surface area contributed by atoms with Gasteiger partial charge in [0.1, 0.15) is 0 Å². The number of nitrogens with zero attached hydrogens (tertiary/aromatic N) is 1. The number of piperidine rings is 1. The highest BCUT2D eigenvalue weighted by molar-refractivity contribution is 7.07. The molecule has 1 aromatic rings. The fourth-order valence-corrected chi connectivity index (χ4v) is 3.25. The standard InChI is InChI=1S/C13H22N2S.ClH/c1-13(2,14)10-15-6-3-11(4-7-15)12-5-8-16-9-12;/h5,8-9,11H,3-4,6-7,10,14H2,1-2H3;1H. The Labute approximate surface area is 115 Å². The van der Waals surface area contributed by atoms with E-state index in [0.717, 1.165) is 12.5 Å². The minimum atomic E-state index is -0.0603. The van der Waals surface area contributed by atoms with Crippen molar-refractivity contribution >= 4 is 23.7 Å². The average Bonchev–Trinajstić information content (AvgIpc) is 2.69. The zero-order valence-electron chi connectivity index (χ0n) is 10.7. The minimum absolute atomic E-state index is 0. The summed E-state index contributed by atoms with van der Waals surface area (Å²) in [4.78, 5) is 2.50. The second-order valence-corrected chi connectivity index (χ2v) is 6.38. The Morgan fingerprint density at radius 1 is 1.41 bits per heavy atom. The molecule has 2 heterocycles. The summed E-state index contributed by atoms with van der Waals surface area (Å²) in [5, 5.41) is 4.48. The number of thiophene rings is 1. The van der Waals surface area contributed by atoms with Gasteiger partial charge in [0.05, 0.1) is 0 Å². The van der Waals surface area contributed by atoms with Crippen LogP contribution in [0.25, 0.3) is 0 Å². The fourth-order valence-electron chi connectivity index (χ4n) is 2.51. The molecule has 4 heteroatoms. The van der Waals surface area contributed by atoms with Gasteiger partial charge in [-0.3, -0.25) is 0 Å². The minimum Gasteiger partial charge on any atom is -0.324 e. The van der Waals surface area contributed by atoms with Gasteiger partial charge in [-0.1, -0.05) is 0 Å². The van der Waals surface area contributed by atoms with E-state index in [1.54, 1.807) is 0 Å². The maximum Gasteiger partial charge on any atom is 0.0226 e. The normalized spacial score (nSPS) is 19.0. The second-order valence-electron chi connectivity index (χ2n) is 5.60. The van der Waals surface area contributed by atoms with Gasteiger partial charge in [-0.15, -0.1) is 12.4 Å². The highest BCUT2D eigenvalue weighted by atomic mass is 35.5. The van der Waals surface area contributed by atoms with E-state index in [2.05, 4.69) is 35.6 Å². The molecule has 2 N–H and O–H groups in total. The summed E-state index contributed by atoms with van der Waals surface area (Å²) in [6.07, 6.45) is 2.57. The molecule has 98 valence electrons. The van der Waals surface area contributed by atoms with E-state index in [-0.39, 0.29) is 17.9 Å². The van der Waals surface area contributed by atoms with Crippen molar-refractivity contribution in [3.8, 4) is 0 Å². The summed E-state index contributed by atoms with van der Waals surface area (Å²) >= 11 is 1.81. The highest BCUT2D eigenvalue weighted by Crippen LogP contribution is 2.29. The van der Waals surface area contributed by atoms with Crippen LogP contribution in [0.1, 0.15) is 38.2 Å². The number of hydrogen-bond donors (Lipinski definition) is 1. The van der Waals surface area contributed by atoms with Gasteiger partial charge in [-0.2, -0.15) is 11.3 Å². The van der Waals surface area contributed by atoms with Crippen molar-refractivity contribution in [3.63, 3.8) is 0 Å². The third-order valence-corrected chi connectivity index (χ3v) is 3.93. The maximum absolute atomic E-state index is 6.06. The molecule has 0 bridgehead atoms. The summed E-state index contributed by atoms with van der Waals surface area (Å²) in [6, 6.07) is 2.28. The molecule has 2 rings (SSSR count). The predicted molar refractivity (Wildman–Crippen MR) is 78.2 cm³/mol. The van der Waals surface area contributed by atoms with Gasteiger partial charge in [0.2, 0.25) is 0 Å². The lowest BCUT2D eigenvalue weighted by Crippen LogP contribution is -2.47. The van der Waals surface area contributed by atoms with Crippen molar-refractivity contribution in [2.75, 3.05) is 19.6 Å². The van der Waals surface area contributed by atoms with Crippen molar-refractivity contribution in [1.82, 2.24) is 4.90 Å². The lowest BCUT2D eigenvalue weighted by molar-refractivity contribution is 0.179. The Balaban J connectivity index is 0.00000144. The topological polar surface area (TPSA) is 29.3 Å². The van der Waals surface area contributed by atoms with Gasteiger partial charge in [-0.05, 0) is 68.1 Å². The molecule has 0 aromatic carbocycles. The Kier molecular flexibility index (Phi) is 5.45. The van der Waals surface area contributed by atoms with E-state index in [9.17, 15) is 0 Å². The molecular formula is C13H23ClN2S. The molecule has 0 radical (unpaired) electrons. The molecule has 0 spiro atoms. The molecule has 1 aliphatic heterocycles. The Hall–Kier alpha value is -0.0900. The molecule has 1 aromatic heterocycles. The van der Waals surface area contributed by atoms with Crippen LogP contribution in [0.15, 0.2) is 16.8 Å². The van der Waals surface area contributed by atoms with Gasteiger partial charge in [0.25, 0.3) is 0 Å². The van der Waals surface area contributed by atoms with E-state index in [0.29, 0.717) is 0 Å². The summed E-state index contributed by atoms with van der Waals surface area (Å²) < 4.78 is 0. The first-order valence-electron chi connectivity index (χ1n) is 6.08. The van der Waals surface area contributed by atoms with Crippen LogP contribution in [0.5, 0.6) is 0 Å². The van der Waals surface area contributed by atoms with E-state index in [1.165, 1.54) is 31.5 Å².